The zero-order chi connectivity index (χ0) is 19.4. The quantitative estimate of drug-likeness (QED) is 0.656. The lowest BCUT2D eigenvalue weighted by molar-refractivity contribution is -0.137. The fourth-order valence-electron chi connectivity index (χ4n) is 2.49. The number of alkyl halides is 3. The molecule has 0 radical (unpaired) electrons. The van der Waals surface area contributed by atoms with Crippen molar-refractivity contribution in [2.45, 2.75) is 25.6 Å². The number of para-hydroxylation sites is 1. The molecule has 1 unspecified atom stereocenters. The minimum atomic E-state index is -4.36. The van der Waals surface area contributed by atoms with Crippen molar-refractivity contribution >= 4 is 11.4 Å². The lowest BCUT2D eigenvalue weighted by atomic mass is 10.1. The fourth-order valence-corrected chi connectivity index (χ4v) is 2.49. The van der Waals surface area contributed by atoms with Gasteiger partial charge >= 0.3 is 6.18 Å². The first-order valence-electron chi connectivity index (χ1n) is 8.40. The number of rotatable bonds is 6. The summed E-state index contributed by atoms with van der Waals surface area (Å²) in [6.07, 6.45) is -3.76. The molecule has 0 fully saturated rings. The smallest absolute Gasteiger partial charge is 0.416 e. The van der Waals surface area contributed by atoms with Gasteiger partial charge in [0.15, 0.2) is 0 Å². The van der Waals surface area contributed by atoms with Crippen molar-refractivity contribution in [3.05, 3.63) is 60.0 Å². The topological polar surface area (TPSA) is 63.0 Å². The van der Waals surface area contributed by atoms with Crippen LogP contribution in [0.25, 0.3) is 11.5 Å². The summed E-state index contributed by atoms with van der Waals surface area (Å²) in [4.78, 5) is 0. The molecule has 2 aromatic carbocycles. The Morgan fingerprint density at radius 1 is 1.04 bits per heavy atom. The van der Waals surface area contributed by atoms with E-state index in [1.165, 1.54) is 12.1 Å². The van der Waals surface area contributed by atoms with E-state index in [1.54, 1.807) is 6.07 Å². The summed E-state index contributed by atoms with van der Waals surface area (Å²) < 4.78 is 43.8. The molecule has 0 aliphatic heterocycles. The van der Waals surface area contributed by atoms with E-state index < -0.39 is 11.7 Å². The third kappa shape index (κ3) is 4.65. The Hall–Kier alpha value is -2.87. The van der Waals surface area contributed by atoms with Crippen LogP contribution in [0.2, 0.25) is 0 Å². The van der Waals surface area contributed by atoms with Gasteiger partial charge in [-0.1, -0.05) is 12.1 Å². The molecule has 0 saturated heterocycles. The standard InChI is InChI=1S/C19H19F3N4O/c1-12(23-2)11-17-25-26-18(27-17)15-5-3-4-6-16(15)24-14-9-7-13(8-10-14)19(20,21)22/h3-10,12,23-24H,11H2,1-2H3. The maximum Gasteiger partial charge on any atom is 0.416 e. The van der Waals surface area contributed by atoms with Crippen LogP contribution in [-0.2, 0) is 12.6 Å². The number of aromatic nitrogens is 2. The molecule has 3 rings (SSSR count). The zero-order valence-corrected chi connectivity index (χ0v) is 14.8. The normalized spacial score (nSPS) is 12.8. The van der Waals surface area contributed by atoms with Gasteiger partial charge in [-0.3, -0.25) is 0 Å². The second kappa shape index (κ2) is 7.79. The van der Waals surface area contributed by atoms with Crippen molar-refractivity contribution in [3.63, 3.8) is 0 Å². The molecule has 2 N–H and O–H groups in total. The van der Waals surface area contributed by atoms with Crippen LogP contribution in [-0.4, -0.2) is 23.3 Å². The van der Waals surface area contributed by atoms with Gasteiger partial charge < -0.3 is 15.1 Å². The number of nitrogens with zero attached hydrogens (tertiary/aromatic N) is 2. The average molecular weight is 376 g/mol. The molecule has 0 spiro atoms. The first-order chi connectivity index (χ1) is 12.9. The molecular formula is C19H19F3N4O. The maximum absolute atomic E-state index is 12.7. The van der Waals surface area contributed by atoms with E-state index in [0.717, 1.165) is 12.1 Å². The Labute approximate surface area is 154 Å². The lowest BCUT2D eigenvalue weighted by Crippen LogP contribution is -2.23. The molecule has 0 bridgehead atoms. The van der Waals surface area contributed by atoms with Crippen LogP contribution < -0.4 is 10.6 Å². The molecule has 0 aliphatic carbocycles. The number of hydrogen-bond acceptors (Lipinski definition) is 5. The van der Waals surface area contributed by atoms with Gasteiger partial charge in [0, 0.05) is 18.2 Å². The third-order valence-corrected chi connectivity index (χ3v) is 4.09. The molecule has 5 nitrogen and oxygen atoms in total. The molecule has 1 atom stereocenters. The van der Waals surface area contributed by atoms with E-state index in [1.807, 2.05) is 32.2 Å². The van der Waals surface area contributed by atoms with Crippen molar-refractivity contribution in [1.82, 2.24) is 15.5 Å². The molecule has 0 amide bonds. The van der Waals surface area contributed by atoms with Crippen LogP contribution in [0.5, 0.6) is 0 Å². The first-order valence-corrected chi connectivity index (χ1v) is 8.40. The van der Waals surface area contributed by atoms with Crippen LogP contribution in [0.3, 0.4) is 0 Å². The number of halogens is 3. The van der Waals surface area contributed by atoms with E-state index in [-0.39, 0.29) is 6.04 Å². The number of likely N-dealkylation sites (N-methyl/N-ethyl adjacent to an activating group) is 1. The van der Waals surface area contributed by atoms with Gasteiger partial charge in [-0.15, -0.1) is 10.2 Å². The van der Waals surface area contributed by atoms with Crippen molar-refractivity contribution in [2.75, 3.05) is 12.4 Å². The number of nitrogens with one attached hydrogen (secondary N) is 2. The van der Waals surface area contributed by atoms with Gasteiger partial charge in [-0.2, -0.15) is 13.2 Å². The SMILES string of the molecule is CNC(C)Cc1nnc(-c2ccccc2Nc2ccc(C(F)(F)F)cc2)o1. The molecule has 8 heteroatoms. The highest BCUT2D eigenvalue weighted by Crippen LogP contribution is 2.32. The van der Waals surface area contributed by atoms with Crippen LogP contribution in [0.15, 0.2) is 52.9 Å². The van der Waals surface area contributed by atoms with E-state index in [0.29, 0.717) is 35.1 Å². The van der Waals surface area contributed by atoms with Gasteiger partial charge in [0.25, 0.3) is 0 Å². The van der Waals surface area contributed by atoms with Gasteiger partial charge in [0.2, 0.25) is 11.8 Å². The van der Waals surface area contributed by atoms with E-state index in [9.17, 15) is 13.2 Å². The van der Waals surface area contributed by atoms with Crippen molar-refractivity contribution in [3.8, 4) is 11.5 Å². The highest BCUT2D eigenvalue weighted by molar-refractivity contribution is 5.76. The Balaban J connectivity index is 1.82. The Morgan fingerprint density at radius 2 is 1.74 bits per heavy atom. The summed E-state index contributed by atoms with van der Waals surface area (Å²) in [5.74, 6) is 0.861. The first kappa shape index (κ1) is 18.9. The number of anilines is 2. The van der Waals surface area contributed by atoms with Crippen LogP contribution in [0, 0.1) is 0 Å². The Kier molecular flexibility index (Phi) is 5.46. The summed E-state index contributed by atoms with van der Waals surface area (Å²) in [5, 5.41) is 14.4. The molecule has 0 aliphatic rings. The van der Waals surface area contributed by atoms with Gasteiger partial charge in [-0.05, 0) is 50.4 Å². The number of benzene rings is 2. The Bertz CT molecular complexity index is 890. The fraction of sp³-hybridized carbons (Fsp3) is 0.263. The van der Waals surface area contributed by atoms with Gasteiger partial charge in [0.05, 0.1) is 16.8 Å². The minimum Gasteiger partial charge on any atom is -0.421 e. The summed E-state index contributed by atoms with van der Waals surface area (Å²) in [7, 11) is 1.85. The van der Waals surface area contributed by atoms with Gasteiger partial charge in [-0.25, -0.2) is 0 Å². The zero-order valence-electron chi connectivity index (χ0n) is 14.8. The molecule has 27 heavy (non-hydrogen) atoms. The highest BCUT2D eigenvalue weighted by Gasteiger charge is 2.30. The van der Waals surface area contributed by atoms with E-state index >= 15 is 0 Å². The second-order valence-electron chi connectivity index (χ2n) is 6.14. The summed E-state index contributed by atoms with van der Waals surface area (Å²) in [6.45, 7) is 2.00. The maximum atomic E-state index is 12.7. The average Bonchev–Trinajstić information content (AvgIpc) is 3.10. The molecule has 3 aromatic rings. The molecule has 0 saturated carbocycles. The van der Waals surface area contributed by atoms with Crippen molar-refractivity contribution < 1.29 is 17.6 Å². The third-order valence-electron chi connectivity index (χ3n) is 4.09. The Morgan fingerprint density at radius 3 is 2.41 bits per heavy atom. The molecule has 1 heterocycles. The van der Waals surface area contributed by atoms with E-state index in [2.05, 4.69) is 20.8 Å². The second-order valence-corrected chi connectivity index (χ2v) is 6.14. The monoisotopic (exact) mass is 376 g/mol. The predicted molar refractivity (Wildman–Crippen MR) is 96.7 cm³/mol. The van der Waals surface area contributed by atoms with Crippen LogP contribution in [0.1, 0.15) is 18.4 Å². The number of hydrogen-bond donors (Lipinski definition) is 2. The molecule has 1 aromatic heterocycles. The minimum absolute atomic E-state index is 0.193. The predicted octanol–water partition coefficient (Wildman–Crippen LogP) is 4.65. The van der Waals surface area contributed by atoms with E-state index in [4.69, 9.17) is 4.42 Å². The molecular weight excluding hydrogens is 357 g/mol. The highest BCUT2D eigenvalue weighted by atomic mass is 19.4. The largest absolute Gasteiger partial charge is 0.421 e. The van der Waals surface area contributed by atoms with Crippen molar-refractivity contribution in [2.24, 2.45) is 0 Å². The summed E-state index contributed by atoms with van der Waals surface area (Å²) >= 11 is 0. The van der Waals surface area contributed by atoms with Crippen LogP contribution >= 0.6 is 0 Å². The van der Waals surface area contributed by atoms with Crippen LogP contribution in [0.4, 0.5) is 24.5 Å². The molecule has 142 valence electrons. The summed E-state index contributed by atoms with van der Waals surface area (Å²) in [6, 6.07) is 12.3. The van der Waals surface area contributed by atoms with Crippen molar-refractivity contribution in [1.29, 1.82) is 0 Å². The lowest BCUT2D eigenvalue weighted by Gasteiger charge is -2.11. The van der Waals surface area contributed by atoms with Gasteiger partial charge in [0.1, 0.15) is 0 Å². The summed E-state index contributed by atoms with van der Waals surface area (Å²) in [5.41, 5.74) is 1.17.